The molecule has 0 saturated heterocycles. The molecule has 2 aliphatic carbocycles. The first-order chi connectivity index (χ1) is 8.61. The van der Waals surface area contributed by atoms with Crippen LogP contribution in [0.25, 0.3) is 0 Å². The molecule has 2 rings (SSSR count). The van der Waals surface area contributed by atoms with Gasteiger partial charge < -0.3 is 0 Å². The van der Waals surface area contributed by atoms with Crippen molar-refractivity contribution in [1.82, 2.24) is 0 Å². The molecule has 18 heavy (non-hydrogen) atoms. The van der Waals surface area contributed by atoms with Gasteiger partial charge in [-0.15, -0.1) is 0 Å². The van der Waals surface area contributed by atoms with Gasteiger partial charge in [0.25, 0.3) is 0 Å². The van der Waals surface area contributed by atoms with E-state index in [0.29, 0.717) is 5.25 Å². The fourth-order valence-corrected chi connectivity index (χ4v) is 4.25. The molecule has 0 aromatic rings. The van der Waals surface area contributed by atoms with Gasteiger partial charge in [-0.2, -0.15) is 12.6 Å². The largest absolute Gasteiger partial charge is 0.175 e. The summed E-state index contributed by atoms with van der Waals surface area (Å²) in [5.41, 5.74) is 6.54. The maximum Gasteiger partial charge on any atom is 0.00823 e. The van der Waals surface area contributed by atoms with Crippen LogP contribution in [0.3, 0.4) is 0 Å². The van der Waals surface area contributed by atoms with Gasteiger partial charge in [0.05, 0.1) is 0 Å². The van der Waals surface area contributed by atoms with E-state index >= 15 is 0 Å². The van der Waals surface area contributed by atoms with Gasteiger partial charge in [0.2, 0.25) is 0 Å². The topological polar surface area (TPSA) is 0 Å². The normalized spacial score (nSPS) is 31.3. The monoisotopic (exact) mass is 264 g/mol. The Hall–Kier alpha value is -0.170. The van der Waals surface area contributed by atoms with E-state index in [9.17, 15) is 0 Å². The van der Waals surface area contributed by atoms with Crippen LogP contribution in [0, 0.1) is 5.92 Å². The molecule has 2 unspecified atom stereocenters. The van der Waals surface area contributed by atoms with E-state index in [2.05, 4.69) is 20.8 Å². The highest BCUT2D eigenvalue weighted by Crippen LogP contribution is 2.38. The van der Waals surface area contributed by atoms with Crippen molar-refractivity contribution in [2.75, 3.05) is 0 Å². The Balaban J connectivity index is 2.23. The molecule has 0 N–H and O–H groups in total. The summed E-state index contributed by atoms with van der Waals surface area (Å²) in [7, 11) is 0. The van der Waals surface area contributed by atoms with Gasteiger partial charge in [-0.3, -0.25) is 0 Å². The summed E-state index contributed by atoms with van der Waals surface area (Å²) in [5.74, 6) is 0.726. The quantitative estimate of drug-likeness (QED) is 0.607. The first-order valence-electron chi connectivity index (χ1n) is 7.65. The van der Waals surface area contributed by atoms with Gasteiger partial charge >= 0.3 is 0 Å². The van der Waals surface area contributed by atoms with Gasteiger partial charge in [0, 0.05) is 5.25 Å². The Bertz CT molecular complexity index is 362. The van der Waals surface area contributed by atoms with Gasteiger partial charge in [0.15, 0.2) is 0 Å². The second-order valence-corrected chi connectivity index (χ2v) is 6.90. The molecular formula is C17H28S. The predicted octanol–water partition coefficient (Wildman–Crippen LogP) is 5.70. The molecule has 2 aliphatic rings. The molecule has 0 aromatic heterocycles. The van der Waals surface area contributed by atoms with E-state index in [4.69, 9.17) is 12.6 Å². The minimum Gasteiger partial charge on any atom is -0.175 e. The lowest BCUT2D eigenvalue weighted by atomic mass is 9.79. The Morgan fingerprint density at radius 1 is 1.00 bits per heavy atom. The van der Waals surface area contributed by atoms with Crippen molar-refractivity contribution < 1.29 is 0 Å². The van der Waals surface area contributed by atoms with Crippen LogP contribution in [0.2, 0.25) is 0 Å². The average molecular weight is 264 g/mol. The van der Waals surface area contributed by atoms with Gasteiger partial charge in [-0.25, -0.2) is 0 Å². The molecule has 0 spiro atoms. The van der Waals surface area contributed by atoms with E-state index in [1.807, 2.05) is 0 Å². The maximum absolute atomic E-state index is 4.83. The number of rotatable bonds is 2. The van der Waals surface area contributed by atoms with Crippen LogP contribution in [0.5, 0.6) is 0 Å². The summed E-state index contributed by atoms with van der Waals surface area (Å²) in [6.07, 6.45) is 10.8. The van der Waals surface area contributed by atoms with Crippen LogP contribution in [-0.2, 0) is 0 Å². The van der Waals surface area contributed by atoms with E-state index in [-0.39, 0.29) is 0 Å². The molecule has 102 valence electrons. The van der Waals surface area contributed by atoms with Crippen molar-refractivity contribution in [2.45, 2.75) is 77.4 Å². The lowest BCUT2D eigenvalue weighted by Crippen LogP contribution is -2.22. The van der Waals surface area contributed by atoms with Crippen molar-refractivity contribution in [1.29, 1.82) is 0 Å². The van der Waals surface area contributed by atoms with E-state index in [1.165, 1.54) is 51.4 Å². The summed E-state index contributed by atoms with van der Waals surface area (Å²) >= 11 is 4.83. The summed E-state index contributed by atoms with van der Waals surface area (Å²) in [5, 5.41) is 0.596. The SMILES string of the molecule is CC1=C(/C(C)=C(\C)C2CCCCC2S)CCCC1. The van der Waals surface area contributed by atoms with E-state index in [0.717, 1.165) is 5.92 Å². The predicted molar refractivity (Wildman–Crippen MR) is 84.3 cm³/mol. The molecule has 0 amide bonds. The molecule has 0 aliphatic heterocycles. The molecular weight excluding hydrogens is 236 g/mol. The molecule has 1 saturated carbocycles. The number of allylic oxidation sites excluding steroid dienone is 4. The molecule has 0 nitrogen and oxygen atoms in total. The zero-order valence-electron chi connectivity index (χ0n) is 12.3. The van der Waals surface area contributed by atoms with Crippen LogP contribution in [0.15, 0.2) is 22.3 Å². The third-order valence-electron chi connectivity index (χ3n) is 5.07. The average Bonchev–Trinajstić information content (AvgIpc) is 2.38. The van der Waals surface area contributed by atoms with Crippen molar-refractivity contribution in [3.63, 3.8) is 0 Å². The van der Waals surface area contributed by atoms with Crippen molar-refractivity contribution >= 4 is 12.6 Å². The molecule has 0 radical (unpaired) electrons. The van der Waals surface area contributed by atoms with Crippen LogP contribution in [0.4, 0.5) is 0 Å². The summed E-state index contributed by atoms with van der Waals surface area (Å²) in [4.78, 5) is 0. The molecule has 0 bridgehead atoms. The molecule has 0 aromatic carbocycles. The van der Waals surface area contributed by atoms with E-state index in [1.54, 1.807) is 22.3 Å². The van der Waals surface area contributed by atoms with Gasteiger partial charge in [0.1, 0.15) is 0 Å². The first-order valence-corrected chi connectivity index (χ1v) is 8.17. The Kier molecular flexibility index (Phi) is 5.00. The highest BCUT2D eigenvalue weighted by Gasteiger charge is 2.25. The van der Waals surface area contributed by atoms with Crippen LogP contribution in [-0.4, -0.2) is 5.25 Å². The third kappa shape index (κ3) is 3.04. The molecule has 1 fully saturated rings. The Morgan fingerprint density at radius 2 is 1.67 bits per heavy atom. The standard InChI is InChI=1S/C17H28S/c1-12-8-4-5-9-15(12)13(2)14(3)16-10-6-7-11-17(16)18/h16-18H,4-11H2,1-3H3/b14-13+. The third-order valence-corrected chi connectivity index (χ3v) is 5.69. The lowest BCUT2D eigenvalue weighted by molar-refractivity contribution is 0.415. The fourth-order valence-electron chi connectivity index (χ4n) is 3.70. The van der Waals surface area contributed by atoms with Crippen molar-refractivity contribution in [2.24, 2.45) is 5.92 Å². The Labute approximate surface area is 118 Å². The highest BCUT2D eigenvalue weighted by molar-refractivity contribution is 7.81. The summed E-state index contributed by atoms with van der Waals surface area (Å²) < 4.78 is 0. The second kappa shape index (κ2) is 6.32. The first kappa shape index (κ1) is 14.2. The van der Waals surface area contributed by atoms with Crippen LogP contribution < -0.4 is 0 Å². The lowest BCUT2D eigenvalue weighted by Gasteiger charge is -2.31. The smallest absolute Gasteiger partial charge is 0.00823 e. The molecule has 2 atom stereocenters. The van der Waals surface area contributed by atoms with Crippen LogP contribution in [0.1, 0.15) is 72.1 Å². The number of hydrogen-bond donors (Lipinski definition) is 1. The van der Waals surface area contributed by atoms with Crippen LogP contribution >= 0.6 is 12.6 Å². The van der Waals surface area contributed by atoms with Crippen molar-refractivity contribution in [3.8, 4) is 0 Å². The van der Waals surface area contributed by atoms with Gasteiger partial charge in [-0.05, 0) is 76.4 Å². The Morgan fingerprint density at radius 3 is 2.33 bits per heavy atom. The maximum atomic E-state index is 4.83. The van der Waals surface area contributed by atoms with Gasteiger partial charge in [-0.1, -0.05) is 24.0 Å². The number of thiol groups is 1. The fraction of sp³-hybridized carbons (Fsp3) is 0.765. The van der Waals surface area contributed by atoms with Crippen molar-refractivity contribution in [3.05, 3.63) is 22.3 Å². The minimum absolute atomic E-state index is 0.596. The minimum atomic E-state index is 0.596. The summed E-state index contributed by atoms with van der Waals surface area (Å²) in [6.45, 7) is 7.06. The zero-order chi connectivity index (χ0) is 13.1. The molecule has 1 heteroatoms. The second-order valence-electron chi connectivity index (χ2n) is 6.23. The number of hydrogen-bond acceptors (Lipinski definition) is 1. The zero-order valence-corrected chi connectivity index (χ0v) is 13.2. The highest BCUT2D eigenvalue weighted by atomic mass is 32.1. The summed E-state index contributed by atoms with van der Waals surface area (Å²) in [6, 6.07) is 0. The van der Waals surface area contributed by atoms with E-state index < -0.39 is 0 Å². The molecule has 0 heterocycles.